The molecule has 0 aromatic heterocycles. The minimum atomic E-state index is -2.74. The van der Waals surface area contributed by atoms with Crippen LogP contribution in [-0.2, 0) is 23.9 Å². The molecule has 0 aliphatic carbocycles. The van der Waals surface area contributed by atoms with Gasteiger partial charge in [0.05, 0.1) is 12.8 Å². The van der Waals surface area contributed by atoms with Crippen LogP contribution in [0, 0.1) is 0 Å². The summed E-state index contributed by atoms with van der Waals surface area (Å²) in [6.45, 7) is 0.969. The first kappa shape index (κ1) is 19.7. The van der Waals surface area contributed by atoms with Crippen molar-refractivity contribution >= 4 is 41.2 Å². The number of aliphatic hydroxyl groups excluding tert-OH is 1. The predicted octanol–water partition coefficient (Wildman–Crippen LogP) is -2.50. The highest BCUT2D eigenvalue weighted by Crippen LogP contribution is 2.23. The second kappa shape index (κ2) is 7.73. The van der Waals surface area contributed by atoms with E-state index in [1.807, 2.05) is 0 Å². The summed E-state index contributed by atoms with van der Waals surface area (Å²) in [6, 6.07) is 0. The quantitative estimate of drug-likeness (QED) is 0.294. The van der Waals surface area contributed by atoms with Gasteiger partial charge < -0.3 is 25.2 Å². The summed E-state index contributed by atoms with van der Waals surface area (Å²) in [7, 11) is 0. The molecule has 0 aromatic carbocycles. The van der Waals surface area contributed by atoms with Crippen LogP contribution in [0.15, 0.2) is 0 Å². The zero-order valence-corrected chi connectivity index (χ0v) is 9.32. The third kappa shape index (κ3) is 6.19. The van der Waals surface area contributed by atoms with Crippen molar-refractivity contribution in [3.8, 4) is 0 Å². The number of ether oxygens (including phenoxy) is 1. The molecule has 0 radical (unpaired) electrons. The van der Waals surface area contributed by atoms with Gasteiger partial charge in [0.25, 0.3) is 0 Å². The zero-order valence-electron chi connectivity index (χ0n) is 9.32. The maximum atomic E-state index is 11.1. The lowest BCUT2D eigenvalue weighted by molar-refractivity contribution is -0.190. The first-order chi connectivity index (χ1) is 8.10. The van der Waals surface area contributed by atoms with E-state index in [2.05, 4.69) is 4.74 Å². The molecular weight excluding hydrogens is 279 g/mol. The van der Waals surface area contributed by atoms with Crippen LogP contribution in [0.1, 0.15) is 19.8 Å². The average molecular weight is 294 g/mol. The summed E-state index contributed by atoms with van der Waals surface area (Å²) in [5, 5.41) is 34.8. The summed E-state index contributed by atoms with van der Waals surface area (Å²) in [5.41, 5.74) is -2.74. The van der Waals surface area contributed by atoms with Gasteiger partial charge in [-0.05, 0) is 6.92 Å². The number of aliphatic hydroxyl groups is 1. The van der Waals surface area contributed by atoms with Gasteiger partial charge in [0.15, 0.2) is 17.4 Å². The van der Waals surface area contributed by atoms with Crippen LogP contribution in [0.3, 0.4) is 0 Å². The fourth-order valence-corrected chi connectivity index (χ4v) is 1.10. The minimum absolute atomic E-state index is 0. The molecule has 0 spiro atoms. The molecular formula is C9H15AlO9. The second-order valence-electron chi connectivity index (χ2n) is 3.54. The van der Waals surface area contributed by atoms with E-state index in [0.717, 1.165) is 6.92 Å². The number of carbonyl (C=O) groups excluding carboxylic acids is 1. The summed E-state index contributed by atoms with van der Waals surface area (Å²) in [4.78, 5) is 43.2. The van der Waals surface area contributed by atoms with Crippen LogP contribution in [0.2, 0.25) is 0 Å². The van der Waals surface area contributed by atoms with E-state index >= 15 is 0 Å². The van der Waals surface area contributed by atoms with Crippen molar-refractivity contribution in [2.45, 2.75) is 31.5 Å². The lowest BCUT2D eigenvalue weighted by Crippen LogP contribution is -2.48. The maximum Gasteiger partial charge on any atom is 0.349 e. The van der Waals surface area contributed by atoms with Crippen molar-refractivity contribution in [1.29, 1.82) is 0 Å². The van der Waals surface area contributed by atoms with Crippen molar-refractivity contribution < 1.29 is 44.3 Å². The normalized spacial score (nSPS) is 11.9. The van der Waals surface area contributed by atoms with Crippen LogP contribution in [0.25, 0.3) is 0 Å². The number of carboxylic acids is 3. The Morgan fingerprint density at radius 3 is 1.63 bits per heavy atom. The van der Waals surface area contributed by atoms with Crippen molar-refractivity contribution in [2.75, 3.05) is 0 Å². The molecule has 4 N–H and O–H groups in total. The van der Waals surface area contributed by atoms with Gasteiger partial charge in [-0.1, -0.05) is 0 Å². The third-order valence-electron chi connectivity index (χ3n) is 1.90. The van der Waals surface area contributed by atoms with E-state index in [1.54, 1.807) is 0 Å². The molecule has 0 aromatic rings. The van der Waals surface area contributed by atoms with Crippen LogP contribution in [-0.4, -0.2) is 73.4 Å². The fourth-order valence-electron chi connectivity index (χ4n) is 1.10. The van der Waals surface area contributed by atoms with Gasteiger partial charge in [-0.25, -0.2) is 9.59 Å². The zero-order chi connectivity index (χ0) is 14.5. The molecule has 0 heterocycles. The molecule has 0 saturated carbocycles. The Kier molecular flexibility index (Phi) is 8.02. The number of carboxylic acid groups (broad SMARTS) is 3. The molecule has 0 amide bonds. The van der Waals surface area contributed by atoms with Crippen LogP contribution >= 0.6 is 0 Å². The lowest BCUT2D eigenvalue weighted by atomic mass is 9.95. The molecule has 10 heteroatoms. The highest BCUT2D eigenvalue weighted by molar-refractivity contribution is 5.91. The number of hydrogen-bond donors (Lipinski definition) is 4. The lowest BCUT2D eigenvalue weighted by Gasteiger charge is -2.26. The third-order valence-corrected chi connectivity index (χ3v) is 1.90. The van der Waals surface area contributed by atoms with Gasteiger partial charge in [-0.15, -0.1) is 0 Å². The second-order valence-corrected chi connectivity index (χ2v) is 3.54. The highest BCUT2D eigenvalue weighted by Gasteiger charge is 2.47. The van der Waals surface area contributed by atoms with E-state index in [9.17, 15) is 19.2 Å². The van der Waals surface area contributed by atoms with Gasteiger partial charge in [0.2, 0.25) is 5.60 Å². The smallest absolute Gasteiger partial charge is 0.349 e. The summed E-state index contributed by atoms with van der Waals surface area (Å²) in [5.74, 6) is -6.64. The van der Waals surface area contributed by atoms with Gasteiger partial charge in [0.1, 0.15) is 6.10 Å². The van der Waals surface area contributed by atoms with Crippen LogP contribution in [0.5, 0.6) is 0 Å². The number of aliphatic carboxylic acids is 3. The van der Waals surface area contributed by atoms with Gasteiger partial charge in [-0.3, -0.25) is 9.59 Å². The maximum absolute atomic E-state index is 11.1. The average Bonchev–Trinajstić information content (AvgIpc) is 2.14. The minimum Gasteiger partial charge on any atom is -0.481 e. The molecule has 0 aliphatic rings. The Morgan fingerprint density at radius 2 is 1.42 bits per heavy atom. The largest absolute Gasteiger partial charge is 0.481 e. The van der Waals surface area contributed by atoms with Crippen LogP contribution in [0.4, 0.5) is 0 Å². The summed E-state index contributed by atoms with van der Waals surface area (Å²) in [6.07, 6.45) is -4.16. The standard InChI is InChI=1S/C9H12O9.Al.3H/c1-4(10)7(15)18-9(8(16)17,2-5(11)12)3-6(13)14;;;;/h4,10H,2-3H2,1H3,(H,11,12)(H,13,14)(H,16,17);;;;. The predicted molar refractivity (Wildman–Crippen MR) is 62.6 cm³/mol. The molecule has 1 unspecified atom stereocenters. The molecule has 0 rings (SSSR count). The molecule has 0 bridgehead atoms. The van der Waals surface area contributed by atoms with E-state index in [4.69, 9.17) is 20.4 Å². The molecule has 1 atom stereocenters. The Hall–Kier alpha value is -1.63. The Balaban J connectivity index is 0. The van der Waals surface area contributed by atoms with E-state index in [0.29, 0.717) is 0 Å². The Morgan fingerprint density at radius 1 is 1.05 bits per heavy atom. The molecule has 0 saturated heterocycles. The molecule has 19 heavy (non-hydrogen) atoms. The first-order valence-electron chi connectivity index (χ1n) is 4.68. The van der Waals surface area contributed by atoms with Crippen molar-refractivity contribution in [3.05, 3.63) is 0 Å². The van der Waals surface area contributed by atoms with E-state index < -0.39 is 48.4 Å². The summed E-state index contributed by atoms with van der Waals surface area (Å²) < 4.78 is 4.33. The molecule has 9 nitrogen and oxygen atoms in total. The molecule has 0 aliphatic heterocycles. The monoisotopic (exact) mass is 294 g/mol. The van der Waals surface area contributed by atoms with Crippen molar-refractivity contribution in [2.24, 2.45) is 0 Å². The summed E-state index contributed by atoms with van der Waals surface area (Å²) >= 11 is 0. The topological polar surface area (TPSA) is 158 Å². The van der Waals surface area contributed by atoms with Crippen molar-refractivity contribution in [1.82, 2.24) is 0 Å². The highest BCUT2D eigenvalue weighted by atomic mass is 27.0. The van der Waals surface area contributed by atoms with E-state index in [1.165, 1.54) is 0 Å². The van der Waals surface area contributed by atoms with Gasteiger partial charge >= 0.3 is 23.9 Å². The van der Waals surface area contributed by atoms with Gasteiger partial charge in [0, 0.05) is 0 Å². The van der Waals surface area contributed by atoms with E-state index in [-0.39, 0.29) is 17.4 Å². The SMILES string of the molecule is CC(O)C(=O)OC(CC(=O)O)(CC(=O)O)C(=O)O.[AlH3]. The first-order valence-corrected chi connectivity index (χ1v) is 4.68. The number of esters is 1. The number of carbonyl (C=O) groups is 4. The Bertz CT molecular complexity index is 360. The fraction of sp³-hybridized carbons (Fsp3) is 0.556. The molecule has 0 fully saturated rings. The van der Waals surface area contributed by atoms with Gasteiger partial charge in [-0.2, -0.15) is 0 Å². The van der Waals surface area contributed by atoms with Crippen LogP contribution < -0.4 is 0 Å². The number of hydrogen-bond acceptors (Lipinski definition) is 6. The Labute approximate surface area is 117 Å². The number of rotatable bonds is 7. The van der Waals surface area contributed by atoms with Crippen molar-refractivity contribution in [3.63, 3.8) is 0 Å². The molecule has 108 valence electrons.